The van der Waals surface area contributed by atoms with Crippen LogP contribution in [0.25, 0.3) is 0 Å². The number of phenolic OH excluding ortho intramolecular Hbond substituents is 1. The fourth-order valence-electron chi connectivity index (χ4n) is 11.0. The van der Waals surface area contributed by atoms with Crippen LogP contribution in [0.5, 0.6) is 5.75 Å². The highest BCUT2D eigenvalue weighted by molar-refractivity contribution is 6.01. The van der Waals surface area contributed by atoms with Gasteiger partial charge in [0.1, 0.15) is 78.3 Å². The molecule has 0 unspecified atom stereocenters. The lowest BCUT2D eigenvalue weighted by molar-refractivity contribution is -0.144. The van der Waals surface area contributed by atoms with E-state index in [0.717, 1.165) is 6.92 Å². The van der Waals surface area contributed by atoms with Crippen molar-refractivity contribution in [3.8, 4) is 5.75 Å². The Labute approximate surface area is 659 Å². The molecule has 0 radical (unpaired) electrons. The van der Waals surface area contributed by atoms with Crippen molar-refractivity contribution >= 4 is 118 Å². The standard InChI is InChI=1S/C72H106N16O27/c1-8-35(6)58(87-60(102)40(73)30-37-12-10-9-11-13-37)70(112)82-46(23-29-55(100)101)65(107)84-48(32-51(76)93)67(109)80-44(21-27-53(96)97)63(105)78-43(20-26-52(94)95)62(104)77-41(18-24-49(74)91)61(103)79-45(22-28-54(98)99)64(106)83-47(31-38-14-16-39(90)17-15-38)68(110)85-56(33(2)3)69(111)81-42(19-25-50(75)92)66(108)88-59(36(7)89)71(113)86-57(34(4)5)72(114)115/h9-17,33-36,40-48,56-59,89-90H,8,18-32,73H2,1-7H3,(H2,74,91)(H2,75,92)(H2,76,93)(H,77,104)(H,78,105)(H,79,103)(H,80,109)(H,81,111)(H,82,112)(H,83,106)(H,84,107)(H,85,110)(H,86,113)(H,87,102)(H,88,108)(H,94,95)(H,96,97)(H,98,99)(H,100,101)(H,114,115)/t35-,36+,40-,41-,42-,43-,44-,45-,46-,47-,48-,56-,57-,58-,59-/m0/s1. The zero-order chi connectivity index (χ0) is 87.3. The molecule has 0 fully saturated rings. The SMILES string of the molecule is CC[C@H](C)[C@H](NC(=O)[C@@H](N)Cc1ccccc1)C(=O)N[C@@H](CCC(=O)O)C(=O)N[C@@H](CC(N)=O)C(=O)N[C@@H](CCC(=O)O)C(=O)N[C@@H](CCC(=O)O)C(=O)N[C@@H](CCC(N)=O)C(=O)N[C@@H](CCC(=O)O)C(=O)N[C@@H](Cc1ccc(O)cc1)C(=O)N[C@H](C(=O)N[C@@H](CCC(N)=O)C(=O)N[C@H](C(=O)N[C@H](C(=O)O)C(C)C)[C@@H](C)O)C(C)C. The molecule has 2 aromatic carbocycles. The maximum atomic E-state index is 14.6. The summed E-state index contributed by atoms with van der Waals surface area (Å²) in [5, 5.41) is 96.5. The molecule has 0 aliphatic rings. The number of benzene rings is 2. The van der Waals surface area contributed by atoms with Gasteiger partial charge in [-0.2, -0.15) is 0 Å². The van der Waals surface area contributed by atoms with Gasteiger partial charge >= 0.3 is 29.8 Å². The van der Waals surface area contributed by atoms with Crippen LogP contribution in [0.3, 0.4) is 0 Å². The van der Waals surface area contributed by atoms with E-state index >= 15 is 0 Å². The van der Waals surface area contributed by atoms with E-state index in [2.05, 4.69) is 63.8 Å². The number of primary amides is 3. The molecular weight excluding hydrogens is 1520 g/mol. The van der Waals surface area contributed by atoms with Crippen LogP contribution in [0.15, 0.2) is 54.6 Å². The van der Waals surface area contributed by atoms with E-state index < -0.39 is 311 Å². The van der Waals surface area contributed by atoms with Crippen LogP contribution in [0, 0.1) is 17.8 Å². The smallest absolute Gasteiger partial charge is 0.326 e. The second-order valence-electron chi connectivity index (χ2n) is 28.0. The van der Waals surface area contributed by atoms with Gasteiger partial charge in [-0.05, 0) is 92.9 Å². The van der Waals surface area contributed by atoms with Gasteiger partial charge in [0.25, 0.3) is 0 Å². The predicted octanol–water partition coefficient (Wildman–Crippen LogP) is -5.99. The Balaban J connectivity index is 2.64. The second-order valence-corrected chi connectivity index (χ2v) is 28.0. The van der Waals surface area contributed by atoms with E-state index in [1.807, 2.05) is 0 Å². The number of aliphatic hydroxyl groups is 1. The number of amides is 15. The summed E-state index contributed by atoms with van der Waals surface area (Å²) in [5.41, 5.74) is 23.3. The Morgan fingerprint density at radius 1 is 0.330 bits per heavy atom. The topological polar surface area (TPSA) is 731 Å². The number of rotatable bonds is 54. The normalized spacial score (nSPS) is 15.0. The highest BCUT2D eigenvalue weighted by atomic mass is 16.4. The van der Waals surface area contributed by atoms with Gasteiger partial charge in [0, 0.05) is 44.9 Å². The van der Waals surface area contributed by atoms with Crippen LogP contribution in [0.1, 0.15) is 149 Å². The first-order valence-corrected chi connectivity index (χ1v) is 36.6. The fraction of sp³-hybridized carbons (Fsp3) is 0.556. The number of carboxylic acid groups (broad SMARTS) is 5. The van der Waals surface area contributed by atoms with Gasteiger partial charge in [-0.3, -0.25) is 91.1 Å². The van der Waals surface area contributed by atoms with Crippen LogP contribution >= 0.6 is 0 Å². The van der Waals surface area contributed by atoms with E-state index in [4.69, 9.17) is 22.9 Å². The number of carbonyl (C=O) groups is 20. The van der Waals surface area contributed by atoms with Gasteiger partial charge in [-0.15, -0.1) is 0 Å². The van der Waals surface area contributed by atoms with Gasteiger partial charge in [0.15, 0.2) is 0 Å². The molecule has 0 bridgehead atoms. The molecule has 43 heteroatoms. The van der Waals surface area contributed by atoms with Gasteiger partial charge in [0.05, 0.1) is 18.6 Å². The first kappa shape index (κ1) is 98.6. The number of aliphatic carboxylic acids is 5. The summed E-state index contributed by atoms with van der Waals surface area (Å²) in [4.78, 5) is 266. The molecule has 0 aromatic heterocycles. The summed E-state index contributed by atoms with van der Waals surface area (Å²) in [5.74, 6) is -28.6. The average molecular weight is 1630 g/mol. The first-order valence-electron chi connectivity index (χ1n) is 36.6. The molecule has 0 aliphatic carbocycles. The molecule has 27 N–H and O–H groups in total. The van der Waals surface area contributed by atoms with Crippen molar-refractivity contribution in [1.29, 1.82) is 0 Å². The predicted molar refractivity (Wildman–Crippen MR) is 400 cm³/mol. The van der Waals surface area contributed by atoms with Crippen molar-refractivity contribution in [3.05, 3.63) is 65.7 Å². The van der Waals surface area contributed by atoms with Crippen molar-refractivity contribution in [2.75, 3.05) is 0 Å². The largest absolute Gasteiger partial charge is 0.508 e. The van der Waals surface area contributed by atoms with E-state index in [9.17, 15) is 132 Å². The quantitative estimate of drug-likeness (QED) is 0.0293. The Hall–Kier alpha value is -12.4. The number of carboxylic acids is 5. The molecule has 0 spiro atoms. The van der Waals surface area contributed by atoms with Crippen LogP contribution in [0.4, 0.5) is 0 Å². The van der Waals surface area contributed by atoms with E-state index in [1.54, 1.807) is 44.2 Å². The van der Waals surface area contributed by atoms with Crippen LogP contribution in [-0.2, 0) is 109 Å². The number of aliphatic hydroxyl groups excluding tert-OH is 1. The monoisotopic (exact) mass is 1630 g/mol. The minimum absolute atomic E-state index is 0.0449. The van der Waals surface area contributed by atoms with Gasteiger partial charge in [-0.25, -0.2) is 4.79 Å². The number of hydrogen-bond donors (Lipinski definition) is 23. The molecule has 636 valence electrons. The molecule has 0 aliphatic heterocycles. The van der Waals surface area contributed by atoms with E-state index in [-0.39, 0.29) is 24.2 Å². The molecule has 115 heavy (non-hydrogen) atoms. The van der Waals surface area contributed by atoms with Crippen molar-refractivity contribution in [2.24, 2.45) is 40.7 Å². The van der Waals surface area contributed by atoms with E-state index in [1.165, 1.54) is 52.0 Å². The average Bonchev–Trinajstić information content (AvgIpc) is 0.856. The first-order chi connectivity index (χ1) is 53.7. The zero-order valence-corrected chi connectivity index (χ0v) is 64.4. The summed E-state index contributed by atoms with van der Waals surface area (Å²) in [6.07, 6.45) is -12.6. The summed E-state index contributed by atoms with van der Waals surface area (Å²) in [7, 11) is 0. The minimum Gasteiger partial charge on any atom is -0.508 e. The lowest BCUT2D eigenvalue weighted by Crippen LogP contribution is -2.62. The molecule has 2 aromatic rings. The van der Waals surface area contributed by atoms with Gasteiger partial charge < -0.3 is 122 Å². The highest BCUT2D eigenvalue weighted by Crippen LogP contribution is 2.17. The lowest BCUT2D eigenvalue weighted by Gasteiger charge is -2.29. The van der Waals surface area contributed by atoms with Crippen molar-refractivity contribution in [1.82, 2.24) is 63.8 Å². The zero-order valence-electron chi connectivity index (χ0n) is 64.4. The number of nitrogens with one attached hydrogen (secondary N) is 12. The Kier molecular flexibility index (Phi) is 42.2. The summed E-state index contributed by atoms with van der Waals surface area (Å²) < 4.78 is 0. The molecule has 2 rings (SSSR count). The number of hydrogen-bond acceptors (Lipinski definition) is 23. The Morgan fingerprint density at radius 3 is 0.974 bits per heavy atom. The Bertz CT molecular complexity index is 3790. The summed E-state index contributed by atoms with van der Waals surface area (Å²) >= 11 is 0. The fourth-order valence-corrected chi connectivity index (χ4v) is 11.0. The third kappa shape index (κ3) is 36.7. The van der Waals surface area contributed by atoms with Crippen LogP contribution in [0.2, 0.25) is 0 Å². The molecule has 15 atom stereocenters. The molecule has 43 nitrogen and oxygen atoms in total. The molecule has 15 amide bonds. The maximum Gasteiger partial charge on any atom is 0.326 e. The molecule has 0 saturated carbocycles. The van der Waals surface area contributed by atoms with Crippen LogP contribution < -0.4 is 86.7 Å². The van der Waals surface area contributed by atoms with Crippen molar-refractivity contribution in [3.63, 3.8) is 0 Å². The summed E-state index contributed by atoms with van der Waals surface area (Å²) in [6, 6.07) is -9.98. The lowest BCUT2D eigenvalue weighted by atomic mass is 9.96. The molecular formula is C72H106N16O27. The van der Waals surface area contributed by atoms with Crippen molar-refractivity contribution in [2.45, 2.75) is 236 Å². The third-order valence-corrected chi connectivity index (χ3v) is 17.8. The number of aromatic hydroxyl groups is 1. The van der Waals surface area contributed by atoms with Gasteiger partial charge in [-0.1, -0.05) is 90.4 Å². The maximum absolute atomic E-state index is 14.6. The third-order valence-electron chi connectivity index (χ3n) is 17.8. The number of phenols is 1. The van der Waals surface area contributed by atoms with Gasteiger partial charge in [0.2, 0.25) is 88.6 Å². The number of carbonyl (C=O) groups excluding carboxylic acids is 15. The Morgan fingerprint density at radius 2 is 0.626 bits per heavy atom. The molecule has 0 saturated heterocycles. The highest BCUT2D eigenvalue weighted by Gasteiger charge is 2.40. The van der Waals surface area contributed by atoms with Crippen LogP contribution in [-0.4, -0.2) is 239 Å². The summed E-state index contributed by atoms with van der Waals surface area (Å²) in [6.45, 7) is 10.1. The molecule has 0 heterocycles. The minimum atomic E-state index is -2.13. The van der Waals surface area contributed by atoms with E-state index in [0.29, 0.717) is 5.56 Å². The number of nitrogens with two attached hydrogens (primary N) is 4. The van der Waals surface area contributed by atoms with Crippen molar-refractivity contribution < 1.29 is 132 Å². The second kappa shape index (κ2) is 49.1.